The maximum absolute atomic E-state index is 5.57. The summed E-state index contributed by atoms with van der Waals surface area (Å²) in [5, 5.41) is 3.52. The quantitative estimate of drug-likeness (QED) is 0.369. The van der Waals surface area contributed by atoms with Crippen molar-refractivity contribution in [3.63, 3.8) is 0 Å². The zero-order valence-corrected chi connectivity index (χ0v) is 12.9. The summed E-state index contributed by atoms with van der Waals surface area (Å²) in [7, 11) is 0. The average molecular weight is 262 g/mol. The average Bonchev–Trinajstić information content (AvgIpc) is 3.16. The van der Waals surface area contributed by atoms with Gasteiger partial charge in [-0.3, -0.25) is 4.90 Å². The summed E-state index contributed by atoms with van der Waals surface area (Å²) in [5.41, 5.74) is 1.20. The smallest absolute Gasteiger partial charge is 0.0483 e. The zero-order valence-electron chi connectivity index (χ0n) is 12.9. The first-order valence-corrected chi connectivity index (χ1v) is 7.88. The molecule has 0 aromatic heterocycles. The first kappa shape index (κ1) is 16.3. The van der Waals surface area contributed by atoms with Crippen LogP contribution in [0.15, 0.2) is 11.6 Å². The third-order valence-electron chi connectivity index (χ3n) is 3.65. The summed E-state index contributed by atoms with van der Waals surface area (Å²) >= 11 is 0. The van der Waals surface area contributed by atoms with Gasteiger partial charge in [-0.15, -0.1) is 6.42 Å². The van der Waals surface area contributed by atoms with Gasteiger partial charge in [-0.05, 0) is 50.3 Å². The van der Waals surface area contributed by atoms with Gasteiger partial charge in [0.05, 0.1) is 0 Å². The normalized spacial score (nSPS) is 22.6. The van der Waals surface area contributed by atoms with Crippen molar-refractivity contribution in [2.24, 2.45) is 5.92 Å². The van der Waals surface area contributed by atoms with E-state index in [0.717, 1.165) is 26.1 Å². The van der Waals surface area contributed by atoms with Crippen molar-refractivity contribution < 1.29 is 0 Å². The molecule has 2 nitrogen and oxygen atoms in total. The Morgan fingerprint density at radius 2 is 2.11 bits per heavy atom. The molecular weight excluding hydrogens is 232 g/mol. The van der Waals surface area contributed by atoms with E-state index in [9.17, 15) is 0 Å². The van der Waals surface area contributed by atoms with E-state index >= 15 is 0 Å². The molecule has 0 amide bonds. The number of nitrogens with one attached hydrogen (secondary N) is 1. The van der Waals surface area contributed by atoms with Crippen LogP contribution in [-0.2, 0) is 0 Å². The van der Waals surface area contributed by atoms with Gasteiger partial charge in [0.2, 0.25) is 0 Å². The molecule has 0 aromatic rings. The van der Waals surface area contributed by atoms with Crippen LogP contribution in [0.2, 0.25) is 0 Å². The third-order valence-corrected chi connectivity index (χ3v) is 3.65. The second-order valence-electron chi connectivity index (χ2n) is 5.52. The summed E-state index contributed by atoms with van der Waals surface area (Å²) in [6.07, 6.45) is 13.8. The lowest BCUT2D eigenvalue weighted by molar-refractivity contribution is 0.237. The van der Waals surface area contributed by atoms with Crippen LogP contribution in [0.4, 0.5) is 0 Å². The van der Waals surface area contributed by atoms with E-state index in [1.807, 2.05) is 0 Å². The Kier molecular flexibility index (Phi) is 7.86. The summed E-state index contributed by atoms with van der Waals surface area (Å²) in [6.45, 7) is 9.97. The number of rotatable bonds is 10. The molecule has 1 rings (SSSR count). The molecule has 1 N–H and O–H groups in total. The molecular formula is C17H30N2. The second-order valence-corrected chi connectivity index (χ2v) is 5.52. The lowest BCUT2D eigenvalue weighted by Crippen LogP contribution is -2.37. The fourth-order valence-corrected chi connectivity index (χ4v) is 2.58. The Balaban J connectivity index is 2.44. The summed E-state index contributed by atoms with van der Waals surface area (Å²) < 4.78 is 0. The minimum atomic E-state index is 0.688. The van der Waals surface area contributed by atoms with Crippen molar-refractivity contribution in [1.82, 2.24) is 10.2 Å². The molecule has 2 atom stereocenters. The van der Waals surface area contributed by atoms with Gasteiger partial charge < -0.3 is 5.32 Å². The van der Waals surface area contributed by atoms with E-state index in [-0.39, 0.29) is 0 Å². The standard InChI is InChI=1S/C17H30N2/c1-5-9-15(8-4)12-16-13-17(16)19(11-7-3)14-18-10-6-2/h4,12,16-18H,5-7,9-11,13-14H2,1-3H3/b15-12-. The molecule has 0 radical (unpaired) electrons. The second kappa shape index (κ2) is 9.18. The summed E-state index contributed by atoms with van der Waals surface area (Å²) in [4.78, 5) is 2.58. The molecule has 0 bridgehead atoms. The van der Waals surface area contributed by atoms with E-state index in [4.69, 9.17) is 6.42 Å². The van der Waals surface area contributed by atoms with Gasteiger partial charge >= 0.3 is 0 Å². The Bertz CT molecular complexity index is 314. The zero-order chi connectivity index (χ0) is 14.1. The molecule has 1 saturated carbocycles. The first-order valence-electron chi connectivity index (χ1n) is 7.88. The molecule has 0 heterocycles. The highest BCUT2D eigenvalue weighted by Crippen LogP contribution is 2.37. The van der Waals surface area contributed by atoms with Crippen LogP contribution >= 0.6 is 0 Å². The minimum Gasteiger partial charge on any atom is -0.304 e. The molecule has 1 aliphatic rings. The van der Waals surface area contributed by atoms with Gasteiger partial charge in [0, 0.05) is 12.7 Å². The molecule has 0 spiro atoms. The van der Waals surface area contributed by atoms with Crippen LogP contribution in [0, 0.1) is 18.3 Å². The lowest BCUT2D eigenvalue weighted by Gasteiger charge is -2.22. The predicted molar refractivity (Wildman–Crippen MR) is 83.9 cm³/mol. The number of terminal acetylenes is 1. The Morgan fingerprint density at radius 3 is 2.68 bits per heavy atom. The molecule has 108 valence electrons. The van der Waals surface area contributed by atoms with Crippen molar-refractivity contribution in [2.45, 2.75) is 58.9 Å². The van der Waals surface area contributed by atoms with Crippen LogP contribution in [0.25, 0.3) is 0 Å². The van der Waals surface area contributed by atoms with Crippen LogP contribution in [-0.4, -0.2) is 30.7 Å². The van der Waals surface area contributed by atoms with Crippen molar-refractivity contribution in [2.75, 3.05) is 19.8 Å². The van der Waals surface area contributed by atoms with Crippen LogP contribution in [0.1, 0.15) is 52.9 Å². The Labute approximate surface area is 119 Å². The van der Waals surface area contributed by atoms with E-state index < -0.39 is 0 Å². The fraction of sp³-hybridized carbons (Fsp3) is 0.765. The first-order chi connectivity index (χ1) is 9.26. The molecule has 0 aliphatic heterocycles. The predicted octanol–water partition coefficient (Wildman–Crippen LogP) is 3.40. The molecule has 2 heteroatoms. The number of allylic oxidation sites excluding steroid dienone is 1. The highest BCUT2D eigenvalue weighted by molar-refractivity contribution is 5.28. The molecule has 2 unspecified atom stereocenters. The van der Waals surface area contributed by atoms with Crippen molar-refractivity contribution in [3.8, 4) is 12.3 Å². The van der Waals surface area contributed by atoms with Crippen molar-refractivity contribution in [3.05, 3.63) is 11.6 Å². The Morgan fingerprint density at radius 1 is 1.32 bits per heavy atom. The van der Waals surface area contributed by atoms with E-state index in [2.05, 4.69) is 43.0 Å². The Hall–Kier alpha value is -0.780. The van der Waals surface area contributed by atoms with Gasteiger partial charge in [-0.2, -0.15) is 0 Å². The van der Waals surface area contributed by atoms with Crippen molar-refractivity contribution >= 4 is 0 Å². The van der Waals surface area contributed by atoms with Crippen molar-refractivity contribution in [1.29, 1.82) is 0 Å². The topological polar surface area (TPSA) is 15.3 Å². The van der Waals surface area contributed by atoms with Gasteiger partial charge in [0.15, 0.2) is 0 Å². The molecule has 0 aromatic carbocycles. The van der Waals surface area contributed by atoms with Crippen LogP contribution in [0.3, 0.4) is 0 Å². The van der Waals surface area contributed by atoms with E-state index in [1.54, 1.807) is 0 Å². The molecule has 19 heavy (non-hydrogen) atoms. The van der Waals surface area contributed by atoms with Gasteiger partial charge in [-0.25, -0.2) is 0 Å². The maximum atomic E-state index is 5.57. The van der Waals surface area contributed by atoms with Crippen LogP contribution < -0.4 is 5.32 Å². The lowest BCUT2D eigenvalue weighted by atomic mass is 10.1. The summed E-state index contributed by atoms with van der Waals surface area (Å²) in [5.74, 6) is 3.53. The molecule has 1 aliphatic carbocycles. The largest absolute Gasteiger partial charge is 0.304 e. The SMILES string of the molecule is C#C/C(=C/C1CC1N(CCC)CNCCC)CCC. The van der Waals surface area contributed by atoms with E-state index in [0.29, 0.717) is 12.0 Å². The highest BCUT2D eigenvalue weighted by atomic mass is 15.3. The maximum Gasteiger partial charge on any atom is 0.0483 e. The molecule has 1 fully saturated rings. The monoisotopic (exact) mass is 262 g/mol. The van der Waals surface area contributed by atoms with Gasteiger partial charge in [-0.1, -0.05) is 39.2 Å². The number of nitrogens with zero attached hydrogens (tertiary/aromatic N) is 1. The van der Waals surface area contributed by atoms with Gasteiger partial charge in [0.1, 0.15) is 0 Å². The van der Waals surface area contributed by atoms with Crippen LogP contribution in [0.5, 0.6) is 0 Å². The minimum absolute atomic E-state index is 0.688. The van der Waals surface area contributed by atoms with Gasteiger partial charge in [0.25, 0.3) is 0 Å². The number of hydrogen-bond acceptors (Lipinski definition) is 2. The third kappa shape index (κ3) is 5.80. The van der Waals surface area contributed by atoms with E-state index in [1.165, 1.54) is 31.4 Å². The highest BCUT2D eigenvalue weighted by Gasteiger charge is 2.39. The fourth-order valence-electron chi connectivity index (χ4n) is 2.58. The molecule has 0 saturated heterocycles. The summed E-state index contributed by atoms with van der Waals surface area (Å²) in [6, 6.07) is 0.713. The number of hydrogen-bond donors (Lipinski definition) is 1.